The molecule has 1 fully saturated rings. The van der Waals surface area contributed by atoms with Crippen LogP contribution in [-0.2, 0) is 10.8 Å². The van der Waals surface area contributed by atoms with E-state index in [0.29, 0.717) is 0 Å². The maximum absolute atomic E-state index is 5.40. The molecule has 0 radical (unpaired) electrons. The molecule has 0 saturated heterocycles. The van der Waals surface area contributed by atoms with Crippen LogP contribution in [0.2, 0.25) is 0 Å². The van der Waals surface area contributed by atoms with E-state index in [0.717, 1.165) is 5.69 Å². The van der Waals surface area contributed by atoms with Crippen LogP contribution in [0.3, 0.4) is 0 Å². The van der Waals surface area contributed by atoms with Gasteiger partial charge in [-0.15, -0.1) is 0 Å². The van der Waals surface area contributed by atoms with Gasteiger partial charge in [-0.25, -0.2) is 0 Å². The van der Waals surface area contributed by atoms with Crippen molar-refractivity contribution in [3.63, 3.8) is 0 Å². The van der Waals surface area contributed by atoms with E-state index >= 15 is 0 Å². The van der Waals surface area contributed by atoms with Crippen LogP contribution < -0.4 is 0 Å². The Balaban J connectivity index is 1.83. The Bertz CT molecular complexity index is 1290. The third-order valence-corrected chi connectivity index (χ3v) is 7.09. The third kappa shape index (κ3) is 2.23. The maximum Gasteiger partial charge on any atom is 0.0802 e. The van der Waals surface area contributed by atoms with Crippen molar-refractivity contribution in [2.45, 2.75) is 57.3 Å². The number of benzene rings is 2. The van der Waals surface area contributed by atoms with E-state index in [1.807, 2.05) is 6.20 Å². The number of hydrogen-bond acceptors (Lipinski definition) is 2. The molecule has 2 heteroatoms. The summed E-state index contributed by atoms with van der Waals surface area (Å²) in [6.45, 7) is 6.80. The molecule has 0 aliphatic heterocycles. The Kier molecular flexibility index (Phi) is 3.35. The zero-order valence-electron chi connectivity index (χ0n) is 17.4. The molecule has 1 saturated carbocycles. The van der Waals surface area contributed by atoms with Gasteiger partial charge in [0, 0.05) is 33.7 Å². The first-order valence-electron chi connectivity index (χ1n) is 10.8. The summed E-state index contributed by atoms with van der Waals surface area (Å²) in [5.74, 6) is 0. The molecule has 2 aromatic heterocycles. The van der Waals surface area contributed by atoms with E-state index in [1.54, 1.807) is 0 Å². The first-order valence-corrected chi connectivity index (χ1v) is 10.8. The minimum atomic E-state index is 0.00569. The fourth-order valence-corrected chi connectivity index (χ4v) is 5.70. The van der Waals surface area contributed by atoms with Crippen LogP contribution in [0.1, 0.15) is 63.4 Å². The van der Waals surface area contributed by atoms with Crippen molar-refractivity contribution >= 4 is 21.5 Å². The quantitative estimate of drug-likeness (QED) is 0.332. The Morgan fingerprint density at radius 3 is 2.48 bits per heavy atom. The average Bonchev–Trinajstić information content (AvgIpc) is 3.20. The molecule has 1 spiro atoms. The second kappa shape index (κ2) is 5.66. The van der Waals surface area contributed by atoms with Crippen LogP contribution in [0.15, 0.2) is 54.7 Å². The minimum Gasteiger partial charge on any atom is -0.256 e. The summed E-state index contributed by atoms with van der Waals surface area (Å²) in [4.78, 5) is 10.3. The number of aromatic nitrogens is 2. The molecule has 6 rings (SSSR count). The Morgan fingerprint density at radius 1 is 0.897 bits per heavy atom. The Labute approximate surface area is 172 Å². The minimum absolute atomic E-state index is 0.00569. The van der Waals surface area contributed by atoms with Gasteiger partial charge in [-0.2, -0.15) is 0 Å². The van der Waals surface area contributed by atoms with Gasteiger partial charge in [0.05, 0.1) is 11.4 Å². The van der Waals surface area contributed by atoms with E-state index in [4.69, 9.17) is 9.97 Å². The van der Waals surface area contributed by atoms with Gasteiger partial charge in [-0.3, -0.25) is 9.97 Å². The fourth-order valence-electron chi connectivity index (χ4n) is 5.70. The van der Waals surface area contributed by atoms with E-state index in [9.17, 15) is 0 Å². The van der Waals surface area contributed by atoms with Gasteiger partial charge in [-0.05, 0) is 46.7 Å². The molecule has 29 heavy (non-hydrogen) atoms. The summed E-state index contributed by atoms with van der Waals surface area (Å²) < 4.78 is 0. The first kappa shape index (κ1) is 17.1. The molecule has 2 heterocycles. The van der Waals surface area contributed by atoms with E-state index in [1.165, 1.54) is 69.7 Å². The predicted octanol–water partition coefficient (Wildman–Crippen LogP) is 6.92. The lowest BCUT2D eigenvalue weighted by Gasteiger charge is -2.38. The van der Waals surface area contributed by atoms with Crippen LogP contribution in [-0.4, -0.2) is 9.97 Å². The van der Waals surface area contributed by atoms with Gasteiger partial charge < -0.3 is 0 Å². The molecule has 2 aromatic carbocycles. The second-order valence-electron chi connectivity index (χ2n) is 9.86. The summed E-state index contributed by atoms with van der Waals surface area (Å²) >= 11 is 0. The summed E-state index contributed by atoms with van der Waals surface area (Å²) in [5.41, 5.74) is 6.40. The van der Waals surface area contributed by atoms with Crippen molar-refractivity contribution in [2.24, 2.45) is 0 Å². The summed E-state index contributed by atoms with van der Waals surface area (Å²) in [6, 6.07) is 17.9. The van der Waals surface area contributed by atoms with Crippen LogP contribution >= 0.6 is 0 Å². The Morgan fingerprint density at radius 2 is 1.69 bits per heavy atom. The fraction of sp³-hybridized carbons (Fsp3) is 0.333. The van der Waals surface area contributed by atoms with Crippen LogP contribution in [0.5, 0.6) is 0 Å². The summed E-state index contributed by atoms with van der Waals surface area (Å²) in [6.07, 6.45) is 6.86. The normalized spacial score (nSPS) is 17.2. The van der Waals surface area contributed by atoms with Crippen LogP contribution in [0, 0.1) is 0 Å². The third-order valence-electron chi connectivity index (χ3n) is 7.09. The smallest absolute Gasteiger partial charge is 0.0802 e. The molecule has 144 valence electrons. The van der Waals surface area contributed by atoms with Crippen molar-refractivity contribution < 1.29 is 0 Å². The van der Waals surface area contributed by atoms with Crippen LogP contribution in [0.25, 0.3) is 32.8 Å². The van der Waals surface area contributed by atoms with Crippen molar-refractivity contribution in [1.29, 1.82) is 0 Å². The SMILES string of the molecule is CC(C)(C)c1cc2ccnc3c2c(n1)C1(CCCC1)c1c-3ccc2ccccc12. The number of rotatable bonds is 0. The molecular weight excluding hydrogens is 352 g/mol. The predicted molar refractivity (Wildman–Crippen MR) is 120 cm³/mol. The van der Waals surface area contributed by atoms with Crippen molar-refractivity contribution in [3.05, 3.63) is 71.7 Å². The highest BCUT2D eigenvalue weighted by Gasteiger charge is 2.46. The molecule has 0 unspecified atom stereocenters. The highest BCUT2D eigenvalue weighted by atomic mass is 14.8. The zero-order chi connectivity index (χ0) is 19.8. The molecule has 2 nitrogen and oxygen atoms in total. The van der Waals surface area contributed by atoms with Gasteiger partial charge in [0.25, 0.3) is 0 Å². The van der Waals surface area contributed by atoms with Gasteiger partial charge >= 0.3 is 0 Å². The second-order valence-corrected chi connectivity index (χ2v) is 9.86. The molecular formula is C27H26N2. The molecule has 2 aliphatic rings. The lowest BCUT2D eigenvalue weighted by molar-refractivity contribution is 0.508. The maximum atomic E-state index is 5.40. The van der Waals surface area contributed by atoms with E-state index < -0.39 is 0 Å². The van der Waals surface area contributed by atoms with E-state index in [2.05, 4.69) is 69.3 Å². The summed E-state index contributed by atoms with van der Waals surface area (Å²) in [7, 11) is 0. The Hall–Kier alpha value is -2.74. The van der Waals surface area contributed by atoms with Crippen LogP contribution in [0.4, 0.5) is 0 Å². The zero-order valence-corrected chi connectivity index (χ0v) is 17.4. The molecule has 0 bridgehead atoms. The van der Waals surface area contributed by atoms with Crippen molar-refractivity contribution in [2.75, 3.05) is 0 Å². The highest BCUT2D eigenvalue weighted by Crippen LogP contribution is 2.56. The van der Waals surface area contributed by atoms with Crippen molar-refractivity contribution in [3.8, 4) is 11.3 Å². The first-order chi connectivity index (χ1) is 14.0. The number of fused-ring (bicyclic) bond motifs is 6. The molecule has 0 N–H and O–H groups in total. The lowest BCUT2D eigenvalue weighted by atomic mass is 9.66. The average molecular weight is 379 g/mol. The molecule has 2 aliphatic carbocycles. The standard InChI is InChI=1S/C27H26N2/c1-26(2,3)21-16-18-12-15-28-24-20-11-10-17-8-4-5-9-19(17)23(20)27(13-6-7-14-27)25(29-21)22(18)24/h4-5,8-12,15-16H,6-7,13-14H2,1-3H3. The number of hydrogen-bond donors (Lipinski definition) is 0. The largest absolute Gasteiger partial charge is 0.256 e. The van der Waals surface area contributed by atoms with Gasteiger partial charge in [0.15, 0.2) is 0 Å². The van der Waals surface area contributed by atoms with Crippen molar-refractivity contribution in [1.82, 2.24) is 9.97 Å². The van der Waals surface area contributed by atoms with E-state index in [-0.39, 0.29) is 10.8 Å². The van der Waals surface area contributed by atoms with Gasteiger partial charge in [0.2, 0.25) is 0 Å². The molecule has 0 amide bonds. The highest BCUT2D eigenvalue weighted by molar-refractivity contribution is 6.05. The lowest BCUT2D eigenvalue weighted by Crippen LogP contribution is -2.31. The summed E-state index contributed by atoms with van der Waals surface area (Å²) in [5, 5.41) is 5.26. The van der Waals surface area contributed by atoms with Gasteiger partial charge in [0.1, 0.15) is 0 Å². The van der Waals surface area contributed by atoms with Gasteiger partial charge in [-0.1, -0.05) is 70.0 Å². The monoisotopic (exact) mass is 378 g/mol. The number of pyridine rings is 2. The molecule has 4 aromatic rings. The topological polar surface area (TPSA) is 25.8 Å². The number of nitrogens with zero attached hydrogens (tertiary/aromatic N) is 2. The molecule has 0 atom stereocenters.